The van der Waals surface area contributed by atoms with Crippen molar-refractivity contribution in [2.45, 2.75) is 19.3 Å². The lowest BCUT2D eigenvalue weighted by atomic mass is 9.81. The molecular formula is C15H13BrN2OS. The molecule has 0 bridgehead atoms. The van der Waals surface area contributed by atoms with Crippen molar-refractivity contribution in [3.8, 4) is 12.3 Å². The third kappa shape index (κ3) is 2.92. The van der Waals surface area contributed by atoms with E-state index < -0.39 is 5.41 Å². The fourth-order valence-electron chi connectivity index (χ4n) is 1.80. The molecule has 2 rings (SSSR count). The highest BCUT2D eigenvalue weighted by Crippen LogP contribution is 2.33. The molecule has 1 aromatic carbocycles. The van der Waals surface area contributed by atoms with Crippen molar-refractivity contribution in [2.75, 3.05) is 5.32 Å². The molecule has 1 N–H and O–H groups in total. The Kier molecular flexibility index (Phi) is 4.26. The van der Waals surface area contributed by atoms with Gasteiger partial charge in [-0.25, -0.2) is 4.98 Å². The van der Waals surface area contributed by atoms with E-state index in [1.54, 1.807) is 0 Å². The maximum absolute atomic E-state index is 11.1. The molecule has 0 aliphatic carbocycles. The summed E-state index contributed by atoms with van der Waals surface area (Å²) in [6, 6.07) is 7.85. The molecule has 0 spiro atoms. The number of anilines is 1. The molecule has 0 aliphatic heterocycles. The summed E-state index contributed by atoms with van der Waals surface area (Å²) in [5.74, 6) is 2.67. The Morgan fingerprint density at radius 1 is 1.45 bits per heavy atom. The summed E-state index contributed by atoms with van der Waals surface area (Å²) in [6.45, 7) is 3.40. The molecule has 0 saturated heterocycles. The highest BCUT2D eigenvalue weighted by atomic mass is 79.9. The highest BCUT2D eigenvalue weighted by Gasteiger charge is 2.29. The van der Waals surface area contributed by atoms with E-state index in [0.29, 0.717) is 5.13 Å². The molecule has 1 aromatic heterocycles. The zero-order valence-corrected chi connectivity index (χ0v) is 13.5. The van der Waals surface area contributed by atoms with Gasteiger partial charge in [-0.15, -0.1) is 17.8 Å². The van der Waals surface area contributed by atoms with Gasteiger partial charge < -0.3 is 5.32 Å². The van der Waals surface area contributed by atoms with Crippen LogP contribution in [0.15, 0.2) is 34.1 Å². The van der Waals surface area contributed by atoms with E-state index >= 15 is 0 Å². The van der Waals surface area contributed by atoms with Gasteiger partial charge in [0.05, 0.1) is 11.1 Å². The summed E-state index contributed by atoms with van der Waals surface area (Å²) in [5.41, 5.74) is 1.13. The van der Waals surface area contributed by atoms with Gasteiger partial charge in [0.15, 0.2) is 5.13 Å². The molecule has 3 nitrogen and oxygen atoms in total. The zero-order valence-electron chi connectivity index (χ0n) is 11.1. The first-order chi connectivity index (χ1) is 9.45. The zero-order chi connectivity index (χ0) is 14.8. The molecule has 102 valence electrons. The number of aromatic nitrogens is 1. The number of carbonyl (C=O) groups excluding carboxylic acids is 1. The monoisotopic (exact) mass is 348 g/mol. The van der Waals surface area contributed by atoms with Gasteiger partial charge in [0.25, 0.3) is 0 Å². The topological polar surface area (TPSA) is 42.0 Å². The number of rotatable bonds is 3. The summed E-state index contributed by atoms with van der Waals surface area (Å²) < 4.78 is 0.998. The first-order valence-corrected chi connectivity index (χ1v) is 7.60. The van der Waals surface area contributed by atoms with Gasteiger partial charge in [0, 0.05) is 16.8 Å². The quantitative estimate of drug-likeness (QED) is 0.857. The lowest BCUT2D eigenvalue weighted by Crippen LogP contribution is -2.22. The second-order valence-electron chi connectivity index (χ2n) is 4.50. The molecule has 0 saturated carbocycles. The Labute approximate surface area is 130 Å². The van der Waals surface area contributed by atoms with Crippen molar-refractivity contribution < 1.29 is 4.79 Å². The Morgan fingerprint density at radius 2 is 2.10 bits per heavy atom. The molecule has 0 unspecified atom stereocenters. The van der Waals surface area contributed by atoms with Crippen LogP contribution in [0.25, 0.3) is 0 Å². The second-order valence-corrected chi connectivity index (χ2v) is 6.27. The van der Waals surface area contributed by atoms with Gasteiger partial charge in [-0.2, -0.15) is 0 Å². The fraction of sp³-hybridized carbons (Fsp3) is 0.200. The van der Waals surface area contributed by atoms with Crippen LogP contribution in [0.3, 0.4) is 0 Å². The summed E-state index contributed by atoms with van der Waals surface area (Å²) in [7, 11) is 0. The van der Waals surface area contributed by atoms with Crippen molar-refractivity contribution in [1.82, 2.24) is 4.98 Å². The average molecular weight is 349 g/mol. The number of hydrogen-bond donors (Lipinski definition) is 1. The smallest absolute Gasteiger partial charge is 0.223 e. The summed E-state index contributed by atoms with van der Waals surface area (Å²) >= 11 is 4.78. The molecule has 2 aromatic rings. The third-order valence-corrected chi connectivity index (χ3v) is 4.30. The largest absolute Gasteiger partial charge is 0.302 e. The molecule has 1 atom stereocenters. The van der Waals surface area contributed by atoms with Crippen LogP contribution in [0.1, 0.15) is 25.1 Å². The summed E-state index contributed by atoms with van der Waals surface area (Å²) in [6.07, 6.45) is 5.74. The maximum atomic E-state index is 11.1. The molecule has 5 heteroatoms. The lowest BCUT2D eigenvalue weighted by molar-refractivity contribution is -0.114. The summed E-state index contributed by atoms with van der Waals surface area (Å²) in [5, 5.41) is 5.12. The van der Waals surface area contributed by atoms with Gasteiger partial charge in [0.2, 0.25) is 5.91 Å². The van der Waals surface area contributed by atoms with E-state index in [9.17, 15) is 4.79 Å². The van der Waals surface area contributed by atoms with Crippen LogP contribution in [0.5, 0.6) is 0 Å². The number of benzene rings is 1. The highest BCUT2D eigenvalue weighted by molar-refractivity contribution is 9.10. The minimum Gasteiger partial charge on any atom is -0.302 e. The van der Waals surface area contributed by atoms with Crippen molar-refractivity contribution in [3.63, 3.8) is 0 Å². The predicted octanol–water partition coefficient (Wildman–Crippen LogP) is 3.80. The van der Waals surface area contributed by atoms with Crippen LogP contribution in [0.2, 0.25) is 0 Å². The summed E-state index contributed by atoms with van der Waals surface area (Å²) in [4.78, 5) is 15.5. The van der Waals surface area contributed by atoms with E-state index in [2.05, 4.69) is 32.2 Å². The maximum Gasteiger partial charge on any atom is 0.223 e. The average Bonchev–Trinajstić information content (AvgIpc) is 2.87. The van der Waals surface area contributed by atoms with Gasteiger partial charge >= 0.3 is 0 Å². The molecule has 0 fully saturated rings. The standard InChI is InChI=1S/C15H13BrN2OS/c1-4-15(3,11-5-7-12(16)8-6-11)13-9-20-14(18-13)17-10(2)19/h1,5-9H,2-3H3,(H,17,18,19)/t15-/m0/s1. The number of amides is 1. The van der Waals surface area contributed by atoms with E-state index in [0.717, 1.165) is 15.7 Å². The van der Waals surface area contributed by atoms with Crippen LogP contribution >= 0.6 is 27.3 Å². The van der Waals surface area contributed by atoms with E-state index in [1.807, 2.05) is 36.6 Å². The number of nitrogens with one attached hydrogen (secondary N) is 1. The Balaban J connectivity index is 2.40. The van der Waals surface area contributed by atoms with E-state index in [4.69, 9.17) is 6.42 Å². The van der Waals surface area contributed by atoms with Gasteiger partial charge in [-0.1, -0.05) is 34.0 Å². The molecule has 1 heterocycles. The molecular weight excluding hydrogens is 336 g/mol. The van der Waals surface area contributed by atoms with Gasteiger partial charge in [0.1, 0.15) is 0 Å². The Bertz CT molecular complexity index is 672. The van der Waals surface area contributed by atoms with Crippen LogP contribution in [0, 0.1) is 12.3 Å². The minimum atomic E-state index is -0.617. The van der Waals surface area contributed by atoms with Crippen LogP contribution in [-0.2, 0) is 10.2 Å². The number of hydrogen-bond acceptors (Lipinski definition) is 3. The van der Waals surface area contributed by atoms with Crippen molar-refractivity contribution in [3.05, 3.63) is 45.4 Å². The van der Waals surface area contributed by atoms with E-state index in [-0.39, 0.29) is 5.91 Å². The first kappa shape index (κ1) is 14.8. The predicted molar refractivity (Wildman–Crippen MR) is 85.8 cm³/mol. The van der Waals surface area contributed by atoms with Crippen LogP contribution in [-0.4, -0.2) is 10.9 Å². The second kappa shape index (κ2) is 5.78. The van der Waals surface area contributed by atoms with E-state index in [1.165, 1.54) is 18.3 Å². The number of terminal acetylenes is 1. The molecule has 0 aliphatic rings. The molecule has 0 radical (unpaired) electrons. The first-order valence-electron chi connectivity index (χ1n) is 5.93. The Hall–Kier alpha value is -1.64. The lowest BCUT2D eigenvalue weighted by Gasteiger charge is -2.22. The van der Waals surface area contributed by atoms with Crippen molar-refractivity contribution in [2.24, 2.45) is 0 Å². The molecule has 20 heavy (non-hydrogen) atoms. The minimum absolute atomic E-state index is 0.142. The third-order valence-electron chi connectivity index (χ3n) is 3.01. The van der Waals surface area contributed by atoms with Gasteiger partial charge in [-0.3, -0.25) is 4.79 Å². The van der Waals surface area contributed by atoms with Gasteiger partial charge in [-0.05, 0) is 24.6 Å². The number of carbonyl (C=O) groups is 1. The number of halogens is 1. The molecule has 1 amide bonds. The number of thiazole rings is 1. The fourth-order valence-corrected chi connectivity index (χ4v) is 2.93. The number of nitrogens with zero attached hydrogens (tertiary/aromatic N) is 1. The van der Waals surface area contributed by atoms with Crippen molar-refractivity contribution >= 4 is 38.3 Å². The van der Waals surface area contributed by atoms with Crippen molar-refractivity contribution in [1.29, 1.82) is 0 Å². The van der Waals surface area contributed by atoms with Crippen LogP contribution < -0.4 is 5.32 Å². The normalized spacial score (nSPS) is 13.3. The SMILES string of the molecule is C#C[C@@](C)(c1ccc(Br)cc1)c1csc(NC(C)=O)n1. The van der Waals surface area contributed by atoms with Crippen LogP contribution in [0.4, 0.5) is 5.13 Å². The Morgan fingerprint density at radius 3 is 2.65 bits per heavy atom.